The zero-order valence-corrected chi connectivity index (χ0v) is 6.48. The lowest BCUT2D eigenvalue weighted by molar-refractivity contribution is 0.583. The average Bonchev–Trinajstić information content (AvgIpc) is 2.68. The van der Waals surface area contributed by atoms with E-state index < -0.39 is 11.6 Å². The lowest BCUT2D eigenvalue weighted by Crippen LogP contribution is -1.81. The van der Waals surface area contributed by atoms with Crippen molar-refractivity contribution in [2.24, 2.45) is 0 Å². The largest absolute Gasteiger partial charge is 0.207 e. The molecule has 0 aliphatic heterocycles. The van der Waals surface area contributed by atoms with Gasteiger partial charge >= 0.3 is 0 Å². The van der Waals surface area contributed by atoms with E-state index in [1.807, 2.05) is 6.08 Å². The Morgan fingerprint density at radius 3 is 2.08 bits per heavy atom. The highest BCUT2D eigenvalue weighted by molar-refractivity contribution is 5.56. The lowest BCUT2D eigenvalue weighted by Gasteiger charge is -1.94. The molecule has 2 heteroatoms. The van der Waals surface area contributed by atoms with Crippen LogP contribution < -0.4 is 0 Å². The topological polar surface area (TPSA) is 0 Å². The highest BCUT2D eigenvalue weighted by atomic mass is 19.1. The monoisotopic (exact) mass is 166 g/mol. The molecule has 0 saturated heterocycles. The zero-order chi connectivity index (χ0) is 8.55. The minimum Gasteiger partial charge on any atom is -0.207 e. The Morgan fingerprint density at radius 2 is 1.58 bits per heavy atom. The van der Waals surface area contributed by atoms with Gasteiger partial charge in [0.1, 0.15) is 11.6 Å². The standard InChI is InChI=1S/C10H8F2/c11-9-4-8(3-7-1-2-7)5-10(12)6-9/h3-6H,1-2H2. The van der Waals surface area contributed by atoms with Crippen molar-refractivity contribution < 1.29 is 8.78 Å². The molecule has 1 aliphatic carbocycles. The fourth-order valence-electron chi connectivity index (χ4n) is 1.11. The minimum atomic E-state index is -0.512. The molecule has 0 unspecified atom stereocenters. The van der Waals surface area contributed by atoms with E-state index in [1.54, 1.807) is 0 Å². The van der Waals surface area contributed by atoms with E-state index in [0.29, 0.717) is 5.56 Å². The quantitative estimate of drug-likeness (QED) is 0.601. The molecule has 1 aliphatic rings. The van der Waals surface area contributed by atoms with Gasteiger partial charge in [-0.2, -0.15) is 0 Å². The van der Waals surface area contributed by atoms with Gasteiger partial charge in [0.15, 0.2) is 0 Å². The van der Waals surface area contributed by atoms with Crippen LogP contribution in [-0.4, -0.2) is 0 Å². The molecule has 1 aromatic carbocycles. The number of rotatable bonds is 1. The molecule has 0 radical (unpaired) electrons. The molecule has 1 aromatic rings. The Kier molecular flexibility index (Phi) is 1.68. The van der Waals surface area contributed by atoms with Crippen LogP contribution >= 0.6 is 0 Å². The summed E-state index contributed by atoms with van der Waals surface area (Å²) < 4.78 is 25.3. The van der Waals surface area contributed by atoms with E-state index in [2.05, 4.69) is 0 Å². The smallest absolute Gasteiger partial charge is 0.126 e. The molecule has 0 N–H and O–H groups in total. The number of halogens is 2. The fourth-order valence-corrected chi connectivity index (χ4v) is 1.11. The van der Waals surface area contributed by atoms with Gasteiger partial charge in [-0.25, -0.2) is 8.78 Å². The van der Waals surface area contributed by atoms with E-state index >= 15 is 0 Å². The Morgan fingerprint density at radius 1 is 1.00 bits per heavy atom. The predicted octanol–water partition coefficient (Wildman–Crippen LogP) is 3.14. The van der Waals surface area contributed by atoms with Crippen LogP contribution in [0.15, 0.2) is 23.8 Å². The SMILES string of the molecule is Fc1cc(F)cc(C=C2CC2)c1. The highest BCUT2D eigenvalue weighted by Gasteiger charge is 2.10. The summed E-state index contributed by atoms with van der Waals surface area (Å²) in [6, 6.07) is 3.57. The van der Waals surface area contributed by atoms with E-state index in [4.69, 9.17) is 0 Å². The summed E-state index contributed by atoms with van der Waals surface area (Å²) in [6.45, 7) is 0. The maximum Gasteiger partial charge on any atom is 0.126 e. The van der Waals surface area contributed by atoms with Crippen molar-refractivity contribution in [1.82, 2.24) is 0 Å². The molecular formula is C10H8F2. The Bertz CT molecular complexity index is 313. The summed E-state index contributed by atoms with van der Waals surface area (Å²) >= 11 is 0. The maximum absolute atomic E-state index is 12.6. The van der Waals surface area contributed by atoms with Crippen LogP contribution in [0.5, 0.6) is 0 Å². The van der Waals surface area contributed by atoms with E-state index in [0.717, 1.165) is 18.9 Å². The summed E-state index contributed by atoms with van der Waals surface area (Å²) in [4.78, 5) is 0. The molecule has 0 aromatic heterocycles. The van der Waals surface area contributed by atoms with Gasteiger partial charge in [0.05, 0.1) is 0 Å². The van der Waals surface area contributed by atoms with Gasteiger partial charge < -0.3 is 0 Å². The maximum atomic E-state index is 12.6. The second-order valence-corrected chi connectivity index (χ2v) is 3.01. The van der Waals surface area contributed by atoms with Crippen molar-refractivity contribution in [3.63, 3.8) is 0 Å². The normalized spacial score (nSPS) is 14.7. The van der Waals surface area contributed by atoms with Crippen LogP contribution in [0.1, 0.15) is 18.4 Å². The van der Waals surface area contributed by atoms with Crippen LogP contribution in [-0.2, 0) is 0 Å². The Labute approximate surface area is 69.5 Å². The molecule has 0 amide bonds. The summed E-state index contributed by atoms with van der Waals surface area (Å²) in [5.41, 5.74) is 1.89. The van der Waals surface area contributed by atoms with Crippen LogP contribution in [0.4, 0.5) is 8.78 Å². The summed E-state index contributed by atoms with van der Waals surface area (Å²) in [6.07, 6.45) is 3.97. The third-order valence-corrected chi connectivity index (χ3v) is 1.79. The Hall–Kier alpha value is -1.18. The van der Waals surface area contributed by atoms with Gasteiger partial charge in [0.2, 0.25) is 0 Å². The zero-order valence-electron chi connectivity index (χ0n) is 6.48. The van der Waals surface area contributed by atoms with Crippen LogP contribution in [0.3, 0.4) is 0 Å². The van der Waals surface area contributed by atoms with Gasteiger partial charge in [-0.3, -0.25) is 0 Å². The van der Waals surface area contributed by atoms with E-state index in [1.165, 1.54) is 17.7 Å². The summed E-state index contributed by atoms with van der Waals surface area (Å²) in [7, 11) is 0. The van der Waals surface area contributed by atoms with Crippen molar-refractivity contribution in [2.75, 3.05) is 0 Å². The van der Waals surface area contributed by atoms with Gasteiger partial charge in [0, 0.05) is 6.07 Å². The number of hydrogen-bond acceptors (Lipinski definition) is 0. The predicted molar refractivity (Wildman–Crippen MR) is 43.6 cm³/mol. The van der Waals surface area contributed by atoms with Gasteiger partial charge in [-0.15, -0.1) is 0 Å². The summed E-state index contributed by atoms with van der Waals surface area (Å²) in [5.74, 6) is -1.02. The molecule has 0 spiro atoms. The van der Waals surface area contributed by atoms with Crippen molar-refractivity contribution in [2.45, 2.75) is 12.8 Å². The number of benzene rings is 1. The van der Waals surface area contributed by atoms with E-state index in [9.17, 15) is 8.78 Å². The molecule has 2 rings (SSSR count). The first-order valence-electron chi connectivity index (χ1n) is 3.89. The molecule has 0 atom stereocenters. The first-order chi connectivity index (χ1) is 5.74. The first kappa shape index (κ1) is 7.47. The lowest BCUT2D eigenvalue weighted by atomic mass is 10.2. The van der Waals surface area contributed by atoms with Crippen molar-refractivity contribution in [1.29, 1.82) is 0 Å². The molecule has 12 heavy (non-hydrogen) atoms. The number of hydrogen-bond donors (Lipinski definition) is 0. The number of allylic oxidation sites excluding steroid dienone is 1. The van der Waals surface area contributed by atoms with Gasteiger partial charge in [0.25, 0.3) is 0 Å². The van der Waals surface area contributed by atoms with Crippen LogP contribution in [0.2, 0.25) is 0 Å². The average molecular weight is 166 g/mol. The molecule has 0 bridgehead atoms. The second kappa shape index (κ2) is 2.70. The van der Waals surface area contributed by atoms with Crippen molar-refractivity contribution >= 4 is 6.08 Å². The second-order valence-electron chi connectivity index (χ2n) is 3.01. The molecule has 1 saturated carbocycles. The van der Waals surface area contributed by atoms with Gasteiger partial charge in [-0.1, -0.05) is 11.6 Å². The van der Waals surface area contributed by atoms with Crippen molar-refractivity contribution in [3.8, 4) is 0 Å². The summed E-state index contributed by atoms with van der Waals surface area (Å²) in [5, 5.41) is 0. The molecule has 0 nitrogen and oxygen atoms in total. The minimum absolute atomic E-state index is 0.512. The van der Waals surface area contributed by atoms with Crippen LogP contribution in [0, 0.1) is 11.6 Å². The van der Waals surface area contributed by atoms with E-state index in [-0.39, 0.29) is 0 Å². The molecule has 1 fully saturated rings. The molecule has 62 valence electrons. The molecular weight excluding hydrogens is 158 g/mol. The van der Waals surface area contributed by atoms with Crippen molar-refractivity contribution in [3.05, 3.63) is 41.0 Å². The Balaban J connectivity index is 2.36. The fraction of sp³-hybridized carbons (Fsp3) is 0.200. The van der Waals surface area contributed by atoms with Crippen LogP contribution in [0.25, 0.3) is 6.08 Å². The first-order valence-corrected chi connectivity index (χ1v) is 3.89. The third-order valence-electron chi connectivity index (χ3n) is 1.79. The highest BCUT2D eigenvalue weighted by Crippen LogP contribution is 2.30. The van der Waals surface area contributed by atoms with Gasteiger partial charge in [-0.05, 0) is 30.5 Å². The molecule has 0 heterocycles. The third kappa shape index (κ3) is 1.70.